The van der Waals surface area contributed by atoms with Gasteiger partial charge >= 0.3 is 12.1 Å². The van der Waals surface area contributed by atoms with Crippen LogP contribution in [-0.2, 0) is 23.8 Å². The van der Waals surface area contributed by atoms with E-state index in [0.717, 1.165) is 22.3 Å². The van der Waals surface area contributed by atoms with Gasteiger partial charge in [0.1, 0.15) is 12.6 Å². The molecule has 34 heavy (non-hydrogen) atoms. The molecule has 3 atom stereocenters. The van der Waals surface area contributed by atoms with E-state index in [0.29, 0.717) is 13.0 Å². The Hall–Kier alpha value is -3.43. The molecule has 2 amide bonds. The van der Waals surface area contributed by atoms with E-state index in [2.05, 4.69) is 22.8 Å². The predicted molar refractivity (Wildman–Crippen MR) is 122 cm³/mol. The van der Waals surface area contributed by atoms with Crippen LogP contribution in [0.4, 0.5) is 4.79 Å². The monoisotopic (exact) mass is 468 g/mol. The number of hydrogen-bond acceptors (Lipinski definition) is 6. The Morgan fingerprint density at radius 2 is 1.74 bits per heavy atom. The van der Waals surface area contributed by atoms with Crippen molar-refractivity contribution in [3.8, 4) is 11.1 Å². The van der Waals surface area contributed by atoms with Crippen molar-refractivity contribution in [1.82, 2.24) is 10.6 Å². The molecule has 0 saturated carbocycles. The fourth-order valence-electron chi connectivity index (χ4n) is 4.60. The standard InChI is InChI=1S/C25H28N2O7/c1-32-14-21(23(28)26-12-15-10-11-33-22(15)24(29)30)27-25(31)34-13-20-18-8-4-2-6-16(18)17-7-3-5-9-19(17)20/h2-9,15,20-22H,10-14H2,1H3,(H,26,28)(H,27,31)(H,29,30)/t15?,21-,22?/m0/s1. The minimum Gasteiger partial charge on any atom is -0.479 e. The number of benzene rings is 2. The number of rotatable bonds is 9. The molecular formula is C25H28N2O7. The van der Waals surface area contributed by atoms with E-state index in [4.69, 9.17) is 14.2 Å². The molecular weight excluding hydrogens is 440 g/mol. The summed E-state index contributed by atoms with van der Waals surface area (Å²) in [6.45, 7) is 0.528. The van der Waals surface area contributed by atoms with Crippen LogP contribution < -0.4 is 10.6 Å². The molecule has 1 fully saturated rings. The number of fused-ring (bicyclic) bond motifs is 3. The first kappa shape index (κ1) is 23.7. The zero-order chi connectivity index (χ0) is 24.1. The predicted octanol–water partition coefficient (Wildman–Crippen LogP) is 2.15. The Labute approximate surface area is 197 Å². The Bertz CT molecular complexity index is 1010. The van der Waals surface area contributed by atoms with Gasteiger partial charge in [0, 0.05) is 32.1 Å². The maximum absolute atomic E-state index is 12.6. The van der Waals surface area contributed by atoms with E-state index >= 15 is 0 Å². The largest absolute Gasteiger partial charge is 0.479 e. The number of ether oxygens (including phenoxy) is 3. The number of carboxylic acids is 1. The van der Waals surface area contributed by atoms with Gasteiger partial charge in [-0.2, -0.15) is 0 Å². The number of nitrogens with one attached hydrogen (secondary N) is 2. The molecule has 1 aliphatic carbocycles. The lowest BCUT2D eigenvalue weighted by Crippen LogP contribution is -2.51. The highest BCUT2D eigenvalue weighted by Gasteiger charge is 2.35. The Balaban J connectivity index is 1.33. The highest BCUT2D eigenvalue weighted by molar-refractivity contribution is 5.86. The number of carboxylic acid groups (broad SMARTS) is 1. The van der Waals surface area contributed by atoms with E-state index in [-0.39, 0.29) is 31.6 Å². The van der Waals surface area contributed by atoms with Crippen molar-refractivity contribution in [2.75, 3.05) is 33.5 Å². The second-order valence-corrected chi connectivity index (χ2v) is 8.40. The summed E-state index contributed by atoms with van der Waals surface area (Å²) in [6, 6.07) is 15.1. The minimum atomic E-state index is -1.05. The van der Waals surface area contributed by atoms with E-state index in [1.807, 2.05) is 36.4 Å². The van der Waals surface area contributed by atoms with E-state index in [9.17, 15) is 19.5 Å². The zero-order valence-corrected chi connectivity index (χ0v) is 18.9. The molecule has 0 spiro atoms. The normalized spacial score (nSPS) is 19.7. The highest BCUT2D eigenvalue weighted by Crippen LogP contribution is 2.44. The van der Waals surface area contributed by atoms with Gasteiger partial charge in [-0.3, -0.25) is 4.79 Å². The van der Waals surface area contributed by atoms with Crippen molar-refractivity contribution in [3.63, 3.8) is 0 Å². The molecule has 4 rings (SSSR count). The number of methoxy groups -OCH3 is 1. The summed E-state index contributed by atoms with van der Waals surface area (Å²) in [5.41, 5.74) is 4.43. The number of hydrogen-bond donors (Lipinski definition) is 3. The average Bonchev–Trinajstić information content (AvgIpc) is 3.44. The molecule has 3 N–H and O–H groups in total. The van der Waals surface area contributed by atoms with Crippen molar-refractivity contribution >= 4 is 18.0 Å². The first-order valence-corrected chi connectivity index (χ1v) is 11.2. The van der Waals surface area contributed by atoms with Crippen molar-refractivity contribution in [2.24, 2.45) is 5.92 Å². The van der Waals surface area contributed by atoms with Gasteiger partial charge < -0.3 is 30.0 Å². The van der Waals surface area contributed by atoms with Crippen LogP contribution in [0.25, 0.3) is 11.1 Å². The van der Waals surface area contributed by atoms with Crippen LogP contribution >= 0.6 is 0 Å². The molecule has 1 aliphatic heterocycles. The van der Waals surface area contributed by atoms with E-state index in [1.54, 1.807) is 0 Å². The Morgan fingerprint density at radius 3 is 2.35 bits per heavy atom. The summed E-state index contributed by atoms with van der Waals surface area (Å²) in [7, 11) is 1.42. The number of aliphatic carboxylic acids is 1. The SMILES string of the molecule is COC[C@H](NC(=O)OCC1c2ccccc2-c2ccccc21)C(=O)NCC1CCOC1C(=O)O. The second-order valence-electron chi connectivity index (χ2n) is 8.40. The highest BCUT2D eigenvalue weighted by atomic mass is 16.5. The maximum atomic E-state index is 12.6. The smallest absolute Gasteiger partial charge is 0.407 e. The van der Waals surface area contributed by atoms with Crippen molar-refractivity contribution in [3.05, 3.63) is 59.7 Å². The van der Waals surface area contributed by atoms with E-state index < -0.39 is 30.1 Å². The molecule has 1 saturated heterocycles. The molecule has 0 aromatic heterocycles. The zero-order valence-electron chi connectivity index (χ0n) is 18.9. The van der Waals surface area contributed by atoms with Crippen LogP contribution in [-0.4, -0.2) is 68.7 Å². The Kier molecular flexibility index (Phi) is 7.44. The van der Waals surface area contributed by atoms with Crippen LogP contribution in [0.15, 0.2) is 48.5 Å². The molecule has 2 aliphatic rings. The quantitative estimate of drug-likeness (QED) is 0.515. The fraction of sp³-hybridized carbons (Fsp3) is 0.400. The molecule has 0 bridgehead atoms. The molecule has 0 radical (unpaired) electrons. The summed E-state index contributed by atoms with van der Waals surface area (Å²) in [5, 5.41) is 14.4. The molecule has 2 unspecified atom stereocenters. The summed E-state index contributed by atoms with van der Waals surface area (Å²) >= 11 is 0. The number of amides is 2. The summed E-state index contributed by atoms with van der Waals surface area (Å²) < 4.78 is 15.8. The summed E-state index contributed by atoms with van der Waals surface area (Å²) in [4.78, 5) is 36.4. The number of carbonyl (C=O) groups excluding carboxylic acids is 2. The summed E-state index contributed by atoms with van der Waals surface area (Å²) in [6.07, 6.45) is -1.14. The van der Waals surface area contributed by atoms with Gasteiger partial charge in [0.15, 0.2) is 6.10 Å². The van der Waals surface area contributed by atoms with Crippen molar-refractivity contribution < 1.29 is 33.7 Å². The first-order valence-electron chi connectivity index (χ1n) is 11.2. The van der Waals surface area contributed by atoms with Gasteiger partial charge in [0.25, 0.3) is 0 Å². The second kappa shape index (κ2) is 10.7. The first-order chi connectivity index (χ1) is 16.5. The third-order valence-corrected chi connectivity index (χ3v) is 6.28. The lowest BCUT2D eigenvalue weighted by Gasteiger charge is -2.21. The average molecular weight is 469 g/mol. The molecule has 180 valence electrons. The third-order valence-electron chi connectivity index (χ3n) is 6.28. The molecule has 2 aromatic carbocycles. The van der Waals surface area contributed by atoms with Crippen LogP contribution in [0.2, 0.25) is 0 Å². The van der Waals surface area contributed by atoms with Gasteiger partial charge in [-0.15, -0.1) is 0 Å². The minimum absolute atomic E-state index is 0.0560. The van der Waals surface area contributed by atoms with Gasteiger partial charge in [-0.25, -0.2) is 9.59 Å². The number of carbonyl (C=O) groups is 3. The van der Waals surface area contributed by atoms with Gasteiger partial charge in [-0.1, -0.05) is 48.5 Å². The maximum Gasteiger partial charge on any atom is 0.407 e. The molecule has 9 nitrogen and oxygen atoms in total. The topological polar surface area (TPSA) is 123 Å². The molecule has 2 aromatic rings. The van der Waals surface area contributed by atoms with Crippen LogP contribution in [0.3, 0.4) is 0 Å². The van der Waals surface area contributed by atoms with Gasteiger partial charge in [0.2, 0.25) is 5.91 Å². The van der Waals surface area contributed by atoms with Crippen LogP contribution in [0.5, 0.6) is 0 Å². The van der Waals surface area contributed by atoms with E-state index in [1.165, 1.54) is 7.11 Å². The van der Waals surface area contributed by atoms with Crippen LogP contribution in [0, 0.1) is 5.92 Å². The fourth-order valence-corrected chi connectivity index (χ4v) is 4.60. The van der Waals surface area contributed by atoms with Gasteiger partial charge in [-0.05, 0) is 28.7 Å². The lowest BCUT2D eigenvalue weighted by atomic mass is 9.98. The summed E-state index contributed by atoms with van der Waals surface area (Å²) in [5.74, 6) is -1.96. The number of alkyl carbamates (subject to hydrolysis) is 1. The lowest BCUT2D eigenvalue weighted by molar-refractivity contribution is -0.149. The van der Waals surface area contributed by atoms with Gasteiger partial charge in [0.05, 0.1) is 6.61 Å². The third kappa shape index (κ3) is 5.05. The van der Waals surface area contributed by atoms with Crippen LogP contribution in [0.1, 0.15) is 23.5 Å². The van der Waals surface area contributed by atoms with Crippen molar-refractivity contribution in [1.29, 1.82) is 0 Å². The van der Waals surface area contributed by atoms with Crippen molar-refractivity contribution in [2.45, 2.75) is 24.5 Å². The Morgan fingerprint density at radius 1 is 1.09 bits per heavy atom. The molecule has 1 heterocycles. The molecule has 9 heteroatoms.